The summed E-state index contributed by atoms with van der Waals surface area (Å²) in [5, 5.41) is 7.66. The average molecular weight is 550 g/mol. The molecule has 11 heteroatoms. The van der Waals surface area contributed by atoms with Crippen LogP contribution in [0.4, 0.5) is 10.1 Å². The van der Waals surface area contributed by atoms with Crippen LogP contribution < -0.4 is 4.72 Å². The summed E-state index contributed by atoms with van der Waals surface area (Å²) in [4.78, 5) is 21.1. The Bertz CT molecular complexity index is 1750. The second-order valence-corrected chi connectivity index (χ2v) is 10.9. The SMILES string of the molecule is Cc1ccc(F)c(S(=O)(=O)Nc2ccc(-c3cnc4c(CC(=O)Cc5ccc(Cl)cc5)[nH]nc4n3)cc2)c1. The number of nitrogens with zero attached hydrogens (tertiary/aromatic N) is 3. The minimum atomic E-state index is -4.10. The van der Waals surface area contributed by atoms with Crippen molar-refractivity contribution in [2.45, 2.75) is 24.7 Å². The number of anilines is 1. The average Bonchev–Trinajstić information content (AvgIpc) is 3.28. The van der Waals surface area contributed by atoms with E-state index in [0.717, 1.165) is 11.6 Å². The van der Waals surface area contributed by atoms with Gasteiger partial charge in [0.15, 0.2) is 5.65 Å². The fraction of sp³-hybridized carbons (Fsp3) is 0.111. The summed E-state index contributed by atoms with van der Waals surface area (Å²) in [6.45, 7) is 1.69. The van der Waals surface area contributed by atoms with Gasteiger partial charge in [0.1, 0.15) is 22.0 Å². The van der Waals surface area contributed by atoms with Crippen molar-refractivity contribution < 1.29 is 17.6 Å². The zero-order valence-electron chi connectivity index (χ0n) is 20.1. The summed E-state index contributed by atoms with van der Waals surface area (Å²) in [5.41, 5.74) is 4.39. The van der Waals surface area contributed by atoms with Gasteiger partial charge in [0.05, 0.1) is 24.0 Å². The molecule has 0 saturated carbocycles. The van der Waals surface area contributed by atoms with Gasteiger partial charge in [-0.2, -0.15) is 5.10 Å². The number of hydrogen-bond acceptors (Lipinski definition) is 6. The number of aryl methyl sites for hydroxylation is 1. The molecule has 0 unspecified atom stereocenters. The lowest BCUT2D eigenvalue weighted by Crippen LogP contribution is -2.14. The fourth-order valence-corrected chi connectivity index (χ4v) is 5.28. The summed E-state index contributed by atoms with van der Waals surface area (Å²) >= 11 is 5.90. The van der Waals surface area contributed by atoms with Gasteiger partial charge < -0.3 is 0 Å². The number of carbonyl (C=O) groups is 1. The Morgan fingerprint density at radius 1 is 1.03 bits per heavy atom. The minimum absolute atomic E-state index is 0.00710. The van der Waals surface area contributed by atoms with Gasteiger partial charge in [-0.15, -0.1) is 0 Å². The van der Waals surface area contributed by atoms with Gasteiger partial charge in [0.25, 0.3) is 10.0 Å². The van der Waals surface area contributed by atoms with Crippen LogP contribution in [0.5, 0.6) is 0 Å². The lowest BCUT2D eigenvalue weighted by molar-refractivity contribution is -0.117. The first kappa shape index (κ1) is 25.5. The largest absolute Gasteiger partial charge is 0.299 e. The van der Waals surface area contributed by atoms with Crippen molar-refractivity contribution in [3.05, 3.63) is 101 Å². The van der Waals surface area contributed by atoms with Crippen LogP contribution in [0.15, 0.2) is 77.8 Å². The van der Waals surface area contributed by atoms with Crippen LogP contribution in [0.1, 0.15) is 16.8 Å². The molecule has 0 amide bonds. The lowest BCUT2D eigenvalue weighted by atomic mass is 10.1. The third-order valence-electron chi connectivity index (χ3n) is 5.83. The summed E-state index contributed by atoms with van der Waals surface area (Å²) in [7, 11) is -4.10. The molecule has 0 aliphatic carbocycles. The summed E-state index contributed by atoms with van der Waals surface area (Å²) in [6, 6.07) is 17.5. The van der Waals surface area contributed by atoms with E-state index in [9.17, 15) is 17.6 Å². The van der Waals surface area contributed by atoms with Gasteiger partial charge in [-0.3, -0.25) is 14.6 Å². The number of Topliss-reactive ketones (excluding diaryl/α,β-unsaturated/α-hetero) is 1. The van der Waals surface area contributed by atoms with E-state index in [2.05, 4.69) is 24.9 Å². The van der Waals surface area contributed by atoms with Gasteiger partial charge in [-0.1, -0.05) is 41.9 Å². The highest BCUT2D eigenvalue weighted by atomic mass is 35.5. The minimum Gasteiger partial charge on any atom is -0.299 e. The van der Waals surface area contributed by atoms with E-state index in [1.165, 1.54) is 12.1 Å². The highest BCUT2D eigenvalue weighted by Gasteiger charge is 2.20. The van der Waals surface area contributed by atoms with E-state index < -0.39 is 20.7 Å². The molecular weight excluding hydrogens is 529 g/mol. The smallest absolute Gasteiger partial charge is 0.264 e. The number of H-pyrrole nitrogens is 1. The van der Waals surface area contributed by atoms with E-state index in [1.807, 2.05) is 12.1 Å². The fourth-order valence-electron chi connectivity index (χ4n) is 3.93. The highest BCUT2D eigenvalue weighted by Crippen LogP contribution is 2.24. The molecule has 0 aliphatic heterocycles. The predicted molar refractivity (Wildman–Crippen MR) is 143 cm³/mol. The monoisotopic (exact) mass is 549 g/mol. The van der Waals surface area contributed by atoms with Crippen molar-refractivity contribution in [1.29, 1.82) is 0 Å². The Morgan fingerprint density at radius 2 is 1.76 bits per heavy atom. The van der Waals surface area contributed by atoms with Gasteiger partial charge in [0.2, 0.25) is 0 Å². The zero-order valence-corrected chi connectivity index (χ0v) is 21.6. The van der Waals surface area contributed by atoms with E-state index in [-0.39, 0.29) is 24.3 Å². The predicted octanol–water partition coefficient (Wildman–Crippen LogP) is 5.28. The molecule has 0 aliphatic rings. The molecule has 0 radical (unpaired) electrons. The topological polar surface area (TPSA) is 118 Å². The Balaban J connectivity index is 1.30. The number of sulfonamides is 1. The number of halogens is 2. The molecule has 5 aromatic rings. The molecular formula is C27H21ClFN5O3S. The molecule has 38 heavy (non-hydrogen) atoms. The van der Waals surface area contributed by atoms with Crippen molar-refractivity contribution in [2.24, 2.45) is 0 Å². The first-order valence-corrected chi connectivity index (χ1v) is 13.4. The standard InChI is InChI=1S/C27H21ClFN5O3S/c1-16-2-11-22(29)25(12-16)38(36,37)34-20-9-5-18(6-10-20)24-15-30-26-23(32-33-27(26)31-24)14-21(35)13-17-3-7-19(28)8-4-17/h2-12,15,34H,13-14H2,1H3,(H,31,32,33). The summed E-state index contributed by atoms with van der Waals surface area (Å²) in [5.74, 6) is -0.833. The van der Waals surface area contributed by atoms with Gasteiger partial charge in [0, 0.05) is 22.7 Å². The Labute approximate surface area is 223 Å². The van der Waals surface area contributed by atoms with Crippen LogP contribution in [-0.2, 0) is 27.7 Å². The molecule has 192 valence electrons. The molecule has 2 heterocycles. The Hall–Kier alpha value is -4.15. The normalized spacial score (nSPS) is 11.6. The molecule has 0 bridgehead atoms. The molecule has 2 N–H and O–H groups in total. The molecule has 0 saturated heterocycles. The first-order chi connectivity index (χ1) is 18.2. The molecule has 8 nitrogen and oxygen atoms in total. The van der Waals surface area contributed by atoms with Crippen molar-refractivity contribution >= 4 is 44.3 Å². The third kappa shape index (κ3) is 5.56. The van der Waals surface area contributed by atoms with Crippen LogP contribution in [-0.4, -0.2) is 34.4 Å². The number of benzene rings is 3. The molecule has 3 aromatic carbocycles. The van der Waals surface area contributed by atoms with E-state index in [0.29, 0.717) is 38.7 Å². The van der Waals surface area contributed by atoms with E-state index in [1.54, 1.807) is 49.5 Å². The number of nitrogens with one attached hydrogen (secondary N) is 2. The second kappa shape index (κ2) is 10.3. The maximum absolute atomic E-state index is 14.1. The number of aromatic amines is 1. The molecule has 5 rings (SSSR count). The quantitative estimate of drug-likeness (QED) is 0.272. The van der Waals surface area contributed by atoms with Gasteiger partial charge in [-0.05, 0) is 54.4 Å². The number of hydrogen-bond donors (Lipinski definition) is 2. The van der Waals surface area contributed by atoms with Crippen LogP contribution in [0, 0.1) is 12.7 Å². The Morgan fingerprint density at radius 3 is 2.50 bits per heavy atom. The third-order valence-corrected chi connectivity index (χ3v) is 7.48. The van der Waals surface area contributed by atoms with Crippen LogP contribution in [0.2, 0.25) is 5.02 Å². The summed E-state index contributed by atoms with van der Waals surface area (Å²) in [6.07, 6.45) is 1.95. The summed E-state index contributed by atoms with van der Waals surface area (Å²) < 4.78 is 41.8. The zero-order chi connectivity index (χ0) is 26.9. The van der Waals surface area contributed by atoms with Gasteiger partial charge in [-0.25, -0.2) is 22.8 Å². The van der Waals surface area contributed by atoms with E-state index >= 15 is 0 Å². The molecule has 0 atom stereocenters. The lowest BCUT2D eigenvalue weighted by Gasteiger charge is -2.10. The number of fused-ring (bicyclic) bond motifs is 1. The first-order valence-electron chi connectivity index (χ1n) is 11.5. The number of ketones is 1. The maximum Gasteiger partial charge on any atom is 0.264 e. The van der Waals surface area contributed by atoms with Crippen molar-refractivity contribution in [1.82, 2.24) is 20.2 Å². The van der Waals surface area contributed by atoms with Crippen LogP contribution >= 0.6 is 11.6 Å². The van der Waals surface area contributed by atoms with Crippen molar-refractivity contribution in [2.75, 3.05) is 4.72 Å². The Kier molecular flexibility index (Phi) is 6.92. The van der Waals surface area contributed by atoms with E-state index in [4.69, 9.17) is 11.6 Å². The second-order valence-electron chi connectivity index (χ2n) is 8.77. The molecule has 0 fully saturated rings. The van der Waals surface area contributed by atoms with Crippen LogP contribution in [0.25, 0.3) is 22.4 Å². The number of aromatic nitrogens is 4. The number of rotatable bonds is 8. The molecule has 2 aromatic heterocycles. The maximum atomic E-state index is 14.1. The van der Waals surface area contributed by atoms with Crippen LogP contribution in [0.3, 0.4) is 0 Å². The van der Waals surface area contributed by atoms with Crippen molar-refractivity contribution in [3.63, 3.8) is 0 Å². The number of carbonyl (C=O) groups excluding carboxylic acids is 1. The molecule has 0 spiro atoms. The highest BCUT2D eigenvalue weighted by molar-refractivity contribution is 7.92. The van der Waals surface area contributed by atoms with Crippen molar-refractivity contribution in [3.8, 4) is 11.3 Å². The van der Waals surface area contributed by atoms with Gasteiger partial charge >= 0.3 is 0 Å².